The van der Waals surface area contributed by atoms with Crippen LogP contribution in [0.5, 0.6) is 0 Å². The molecule has 0 aliphatic rings. The van der Waals surface area contributed by atoms with Gasteiger partial charge in [0, 0.05) is 12.1 Å². The summed E-state index contributed by atoms with van der Waals surface area (Å²) < 4.78 is 0. The number of hydrazine groups is 1. The van der Waals surface area contributed by atoms with Crippen molar-refractivity contribution in [2.45, 2.75) is 6.92 Å². The maximum absolute atomic E-state index is 10.5. The lowest BCUT2D eigenvalue weighted by Crippen LogP contribution is -2.08. The van der Waals surface area contributed by atoms with Gasteiger partial charge < -0.3 is 10.9 Å². The second-order valence-electron chi connectivity index (χ2n) is 3.92. The van der Waals surface area contributed by atoms with Gasteiger partial charge in [0.25, 0.3) is 5.69 Å². The number of nitrogens with zero attached hydrogens (tertiary/aromatic N) is 1. The maximum atomic E-state index is 10.5. The monoisotopic (exact) mass is 243 g/mol. The minimum atomic E-state index is -0.419. The number of hydrogen-bond donors (Lipinski definition) is 2. The summed E-state index contributed by atoms with van der Waals surface area (Å²) in [5.41, 5.74) is 8.96. The van der Waals surface area contributed by atoms with E-state index in [9.17, 15) is 10.1 Å². The minimum Gasteiger partial charge on any atom is -0.301 e. The van der Waals surface area contributed by atoms with Crippen LogP contribution in [0.3, 0.4) is 0 Å². The van der Waals surface area contributed by atoms with E-state index >= 15 is 0 Å². The Morgan fingerprint density at radius 1 is 0.889 bits per heavy atom. The van der Waals surface area contributed by atoms with E-state index in [1.807, 2.05) is 31.2 Å². The minimum absolute atomic E-state index is 0.0795. The van der Waals surface area contributed by atoms with Gasteiger partial charge in [-0.05, 0) is 31.2 Å². The first-order valence-corrected chi connectivity index (χ1v) is 5.48. The van der Waals surface area contributed by atoms with Crippen molar-refractivity contribution >= 4 is 17.1 Å². The summed E-state index contributed by atoms with van der Waals surface area (Å²) in [6.45, 7) is 2.02. The van der Waals surface area contributed by atoms with Crippen molar-refractivity contribution in [3.63, 3.8) is 0 Å². The number of nitrogens with one attached hydrogen (secondary N) is 2. The predicted molar refractivity (Wildman–Crippen MR) is 71.5 cm³/mol. The van der Waals surface area contributed by atoms with Crippen molar-refractivity contribution in [1.29, 1.82) is 0 Å². The molecule has 0 heterocycles. The van der Waals surface area contributed by atoms with Crippen LogP contribution in [0.1, 0.15) is 5.56 Å². The van der Waals surface area contributed by atoms with Crippen LogP contribution >= 0.6 is 0 Å². The Balaban J connectivity index is 1.97. The third-order valence-corrected chi connectivity index (χ3v) is 2.48. The van der Waals surface area contributed by atoms with E-state index in [2.05, 4.69) is 10.9 Å². The standard InChI is InChI=1S/C13H13N3O2/c1-10-2-4-11(5-3-10)14-15-12-6-8-13(9-7-12)16(17)18/h2-9,14-15H,1H3. The molecule has 2 aromatic carbocycles. The maximum Gasteiger partial charge on any atom is 0.269 e. The average Bonchev–Trinajstić information content (AvgIpc) is 2.38. The molecule has 2 rings (SSSR count). The quantitative estimate of drug-likeness (QED) is 0.638. The fraction of sp³-hybridized carbons (Fsp3) is 0.0769. The van der Waals surface area contributed by atoms with Crippen LogP contribution in [-0.4, -0.2) is 4.92 Å². The Bertz CT molecular complexity index is 535. The van der Waals surface area contributed by atoms with E-state index in [0.29, 0.717) is 0 Å². The van der Waals surface area contributed by atoms with Crippen molar-refractivity contribution in [2.75, 3.05) is 10.9 Å². The highest BCUT2D eigenvalue weighted by Gasteiger charge is 2.03. The molecular formula is C13H13N3O2. The number of hydrogen-bond acceptors (Lipinski definition) is 4. The Kier molecular flexibility index (Phi) is 3.43. The van der Waals surface area contributed by atoms with E-state index in [1.165, 1.54) is 17.7 Å². The van der Waals surface area contributed by atoms with Crippen molar-refractivity contribution < 1.29 is 4.92 Å². The molecule has 0 aliphatic carbocycles. The van der Waals surface area contributed by atoms with Crippen molar-refractivity contribution in [3.8, 4) is 0 Å². The van der Waals surface area contributed by atoms with Gasteiger partial charge in [0.2, 0.25) is 0 Å². The Hall–Kier alpha value is -2.56. The SMILES string of the molecule is Cc1ccc(NNc2ccc([N+](=O)[O-])cc2)cc1. The first-order chi connectivity index (χ1) is 8.65. The van der Waals surface area contributed by atoms with Crippen molar-refractivity contribution in [1.82, 2.24) is 0 Å². The summed E-state index contributed by atoms with van der Waals surface area (Å²) in [4.78, 5) is 10.1. The number of aryl methyl sites for hydroxylation is 1. The van der Waals surface area contributed by atoms with E-state index in [0.717, 1.165) is 11.4 Å². The van der Waals surface area contributed by atoms with Crippen molar-refractivity contribution in [3.05, 3.63) is 64.2 Å². The molecular weight excluding hydrogens is 230 g/mol. The number of nitro benzene ring substituents is 1. The van der Waals surface area contributed by atoms with E-state index in [4.69, 9.17) is 0 Å². The molecule has 0 radical (unpaired) electrons. The fourth-order valence-corrected chi connectivity index (χ4v) is 1.45. The molecule has 0 aliphatic heterocycles. The predicted octanol–water partition coefficient (Wildman–Crippen LogP) is 3.34. The lowest BCUT2D eigenvalue weighted by atomic mass is 10.2. The zero-order valence-electron chi connectivity index (χ0n) is 9.88. The molecule has 0 atom stereocenters. The van der Waals surface area contributed by atoms with Gasteiger partial charge in [-0.1, -0.05) is 17.7 Å². The van der Waals surface area contributed by atoms with Crippen LogP contribution in [-0.2, 0) is 0 Å². The summed E-state index contributed by atoms with van der Waals surface area (Å²) in [6.07, 6.45) is 0. The average molecular weight is 243 g/mol. The molecule has 92 valence electrons. The Morgan fingerprint density at radius 3 is 1.78 bits per heavy atom. The zero-order chi connectivity index (χ0) is 13.0. The van der Waals surface area contributed by atoms with Crippen LogP contribution in [0.25, 0.3) is 0 Å². The third kappa shape index (κ3) is 2.98. The molecule has 2 N–H and O–H groups in total. The second-order valence-corrected chi connectivity index (χ2v) is 3.92. The highest BCUT2D eigenvalue weighted by Crippen LogP contribution is 2.16. The van der Waals surface area contributed by atoms with Crippen LogP contribution in [0.2, 0.25) is 0 Å². The second kappa shape index (κ2) is 5.18. The Labute approximate surface area is 105 Å². The van der Waals surface area contributed by atoms with Gasteiger partial charge in [0.1, 0.15) is 0 Å². The molecule has 5 heteroatoms. The molecule has 2 aromatic rings. The fourth-order valence-electron chi connectivity index (χ4n) is 1.45. The molecule has 0 saturated heterocycles. The van der Waals surface area contributed by atoms with E-state index < -0.39 is 4.92 Å². The number of rotatable bonds is 4. The molecule has 0 saturated carbocycles. The summed E-state index contributed by atoms with van der Waals surface area (Å²) in [6, 6.07) is 14.1. The number of benzene rings is 2. The smallest absolute Gasteiger partial charge is 0.269 e. The Morgan fingerprint density at radius 2 is 1.33 bits per heavy atom. The highest BCUT2D eigenvalue weighted by atomic mass is 16.6. The third-order valence-electron chi connectivity index (χ3n) is 2.48. The summed E-state index contributed by atoms with van der Waals surface area (Å²) in [7, 11) is 0. The van der Waals surface area contributed by atoms with Crippen LogP contribution < -0.4 is 10.9 Å². The van der Waals surface area contributed by atoms with Gasteiger partial charge in [0.05, 0.1) is 16.3 Å². The largest absolute Gasteiger partial charge is 0.301 e. The molecule has 18 heavy (non-hydrogen) atoms. The van der Waals surface area contributed by atoms with Gasteiger partial charge in [-0.3, -0.25) is 10.1 Å². The highest BCUT2D eigenvalue weighted by molar-refractivity contribution is 5.54. The number of nitro groups is 1. The molecule has 0 spiro atoms. The number of anilines is 2. The first kappa shape index (κ1) is 11.9. The summed E-state index contributed by atoms with van der Waals surface area (Å²) in [5.74, 6) is 0. The molecule has 0 unspecified atom stereocenters. The molecule has 0 fully saturated rings. The first-order valence-electron chi connectivity index (χ1n) is 5.48. The lowest BCUT2D eigenvalue weighted by Gasteiger charge is -2.09. The summed E-state index contributed by atoms with van der Waals surface area (Å²) in [5, 5.41) is 10.5. The van der Waals surface area contributed by atoms with Gasteiger partial charge >= 0.3 is 0 Å². The van der Waals surface area contributed by atoms with Gasteiger partial charge in [-0.25, -0.2) is 0 Å². The lowest BCUT2D eigenvalue weighted by molar-refractivity contribution is -0.384. The molecule has 0 bridgehead atoms. The van der Waals surface area contributed by atoms with Gasteiger partial charge in [0.15, 0.2) is 0 Å². The molecule has 0 aromatic heterocycles. The molecule has 5 nitrogen and oxygen atoms in total. The normalized spacial score (nSPS) is 9.83. The van der Waals surface area contributed by atoms with Gasteiger partial charge in [-0.2, -0.15) is 0 Å². The van der Waals surface area contributed by atoms with E-state index in [-0.39, 0.29) is 5.69 Å². The van der Waals surface area contributed by atoms with E-state index in [1.54, 1.807) is 12.1 Å². The topological polar surface area (TPSA) is 67.2 Å². The van der Waals surface area contributed by atoms with Crippen LogP contribution in [0, 0.1) is 17.0 Å². The zero-order valence-corrected chi connectivity index (χ0v) is 9.88. The van der Waals surface area contributed by atoms with Crippen LogP contribution in [0.15, 0.2) is 48.5 Å². The van der Waals surface area contributed by atoms with Crippen molar-refractivity contribution in [2.24, 2.45) is 0 Å². The van der Waals surface area contributed by atoms with Crippen LogP contribution in [0.4, 0.5) is 17.1 Å². The van der Waals surface area contributed by atoms with Gasteiger partial charge in [-0.15, -0.1) is 0 Å². The number of non-ortho nitro benzene ring substituents is 1. The summed E-state index contributed by atoms with van der Waals surface area (Å²) >= 11 is 0. The molecule has 0 amide bonds.